The first-order valence-electron chi connectivity index (χ1n) is 6.26. The second-order valence-corrected chi connectivity index (χ2v) is 5.08. The molecule has 19 heavy (non-hydrogen) atoms. The molecule has 0 heterocycles. The third kappa shape index (κ3) is 7.51. The van der Waals surface area contributed by atoms with Gasteiger partial charge < -0.3 is 10.1 Å². The molecule has 1 amide bonds. The van der Waals surface area contributed by atoms with Gasteiger partial charge in [0.25, 0.3) is 0 Å². The Hall–Kier alpha value is -1.49. The van der Waals surface area contributed by atoms with E-state index < -0.39 is 5.97 Å². The van der Waals surface area contributed by atoms with Gasteiger partial charge in [-0.3, -0.25) is 9.59 Å². The van der Waals surface area contributed by atoms with Gasteiger partial charge in [-0.1, -0.05) is 37.3 Å². The smallest absolute Gasteiger partial charge is 0.325 e. The lowest BCUT2D eigenvalue weighted by Crippen LogP contribution is -2.31. The third-order valence-corrected chi connectivity index (χ3v) is 3.42. The largest absolute Gasteiger partial charge is 0.460 e. The summed E-state index contributed by atoms with van der Waals surface area (Å²) < 4.78 is 5.04. The number of nitrogens with one attached hydrogen (secondary N) is 1. The van der Waals surface area contributed by atoms with Crippen molar-refractivity contribution in [2.75, 3.05) is 18.1 Å². The number of esters is 1. The van der Waals surface area contributed by atoms with Crippen molar-refractivity contribution >= 4 is 23.6 Å². The molecule has 1 N–H and O–H groups in total. The van der Waals surface area contributed by atoms with Gasteiger partial charge in [0.05, 0.1) is 5.75 Å². The van der Waals surface area contributed by atoms with Crippen molar-refractivity contribution in [1.29, 1.82) is 0 Å². The maximum atomic E-state index is 11.4. The van der Waals surface area contributed by atoms with Crippen molar-refractivity contribution in [3.8, 4) is 0 Å². The summed E-state index contributed by atoms with van der Waals surface area (Å²) in [6, 6.07) is 9.44. The van der Waals surface area contributed by atoms with Crippen LogP contribution in [0, 0.1) is 0 Å². The number of carbonyl (C=O) groups is 2. The van der Waals surface area contributed by atoms with Crippen LogP contribution < -0.4 is 5.32 Å². The molecule has 0 aromatic heterocycles. The lowest BCUT2D eigenvalue weighted by Gasteiger charge is -2.06. The van der Waals surface area contributed by atoms with Crippen molar-refractivity contribution in [3.63, 3.8) is 0 Å². The molecule has 0 fully saturated rings. The molecule has 4 nitrogen and oxygen atoms in total. The topological polar surface area (TPSA) is 55.4 Å². The number of hydrogen-bond acceptors (Lipinski definition) is 4. The van der Waals surface area contributed by atoms with Gasteiger partial charge in [-0.25, -0.2) is 0 Å². The van der Waals surface area contributed by atoms with Crippen LogP contribution in [0.5, 0.6) is 0 Å². The van der Waals surface area contributed by atoms with Gasteiger partial charge in [0, 0.05) is 0 Å². The predicted molar refractivity (Wildman–Crippen MR) is 76.9 cm³/mol. The third-order valence-electron chi connectivity index (χ3n) is 2.25. The second-order valence-electron chi connectivity index (χ2n) is 3.98. The predicted octanol–water partition coefficient (Wildman–Crippen LogP) is 1.99. The molecule has 1 rings (SSSR count). The Morgan fingerprint density at radius 2 is 2.00 bits per heavy atom. The first-order valence-corrected chi connectivity index (χ1v) is 7.42. The number of rotatable bonds is 8. The summed E-state index contributed by atoms with van der Waals surface area (Å²) in [6.45, 7) is 2.23. The van der Waals surface area contributed by atoms with Crippen molar-refractivity contribution in [1.82, 2.24) is 5.32 Å². The first-order chi connectivity index (χ1) is 9.22. The highest BCUT2D eigenvalue weighted by molar-refractivity contribution is 7.99. The highest BCUT2D eigenvalue weighted by Crippen LogP contribution is 2.01. The fourth-order valence-electron chi connectivity index (χ4n) is 1.32. The molecule has 1 aromatic rings. The minimum absolute atomic E-state index is 0.0711. The molecule has 0 aliphatic rings. The van der Waals surface area contributed by atoms with Gasteiger partial charge in [0.15, 0.2) is 0 Å². The van der Waals surface area contributed by atoms with Gasteiger partial charge >= 0.3 is 5.97 Å². The Morgan fingerprint density at radius 1 is 1.26 bits per heavy atom. The van der Waals surface area contributed by atoms with E-state index in [4.69, 9.17) is 4.74 Å². The average molecular weight is 281 g/mol. The molecule has 0 aliphatic carbocycles. The Kier molecular flexibility index (Phi) is 7.74. The normalized spacial score (nSPS) is 9.95. The van der Waals surface area contributed by atoms with Crippen LogP contribution in [0.4, 0.5) is 0 Å². The maximum absolute atomic E-state index is 11.4. The SMILES string of the molecule is CCCSCC(=O)NCC(=O)OCc1ccccc1. The van der Waals surface area contributed by atoms with Crippen LogP contribution in [0.15, 0.2) is 30.3 Å². The molecular formula is C14H19NO3S. The van der Waals surface area contributed by atoms with Gasteiger partial charge in [-0.15, -0.1) is 0 Å². The molecule has 0 atom stereocenters. The van der Waals surface area contributed by atoms with Crippen molar-refractivity contribution < 1.29 is 14.3 Å². The van der Waals surface area contributed by atoms with E-state index in [0.717, 1.165) is 17.7 Å². The minimum atomic E-state index is -0.419. The number of thioether (sulfide) groups is 1. The molecule has 0 saturated heterocycles. The number of ether oxygens (including phenoxy) is 1. The van der Waals surface area contributed by atoms with Crippen LogP contribution in [-0.4, -0.2) is 29.9 Å². The van der Waals surface area contributed by atoms with E-state index in [1.54, 1.807) is 11.8 Å². The number of carbonyl (C=O) groups excluding carboxylic acids is 2. The van der Waals surface area contributed by atoms with E-state index in [2.05, 4.69) is 12.2 Å². The number of benzene rings is 1. The second kappa shape index (κ2) is 9.44. The van der Waals surface area contributed by atoms with Crippen molar-refractivity contribution in [3.05, 3.63) is 35.9 Å². The molecule has 0 unspecified atom stereocenters. The van der Waals surface area contributed by atoms with E-state index in [1.807, 2.05) is 30.3 Å². The van der Waals surface area contributed by atoms with Crippen LogP contribution in [-0.2, 0) is 20.9 Å². The van der Waals surface area contributed by atoms with Crippen LogP contribution >= 0.6 is 11.8 Å². The van der Waals surface area contributed by atoms with Crippen LogP contribution in [0.1, 0.15) is 18.9 Å². The monoisotopic (exact) mass is 281 g/mol. The zero-order valence-corrected chi connectivity index (χ0v) is 11.9. The van der Waals surface area contributed by atoms with Crippen molar-refractivity contribution in [2.45, 2.75) is 20.0 Å². The molecule has 1 aromatic carbocycles. The van der Waals surface area contributed by atoms with Crippen molar-refractivity contribution in [2.24, 2.45) is 0 Å². The number of amides is 1. The van der Waals surface area contributed by atoms with Crippen LogP contribution in [0.25, 0.3) is 0 Å². The summed E-state index contributed by atoms with van der Waals surface area (Å²) in [4.78, 5) is 22.8. The Morgan fingerprint density at radius 3 is 2.68 bits per heavy atom. The molecule has 0 bridgehead atoms. The maximum Gasteiger partial charge on any atom is 0.325 e. The van der Waals surface area contributed by atoms with E-state index in [0.29, 0.717) is 5.75 Å². The zero-order valence-electron chi connectivity index (χ0n) is 11.1. The molecular weight excluding hydrogens is 262 g/mol. The summed E-state index contributed by atoms with van der Waals surface area (Å²) >= 11 is 1.56. The highest BCUT2D eigenvalue weighted by atomic mass is 32.2. The summed E-state index contributed by atoms with van der Waals surface area (Å²) in [5.41, 5.74) is 0.931. The fourth-order valence-corrected chi connectivity index (χ4v) is 2.04. The zero-order chi connectivity index (χ0) is 13.9. The van der Waals surface area contributed by atoms with Gasteiger partial charge in [-0.05, 0) is 17.7 Å². The quantitative estimate of drug-likeness (QED) is 0.585. The first kappa shape index (κ1) is 15.6. The molecule has 104 valence electrons. The molecule has 0 radical (unpaired) electrons. The lowest BCUT2D eigenvalue weighted by atomic mass is 10.2. The highest BCUT2D eigenvalue weighted by Gasteiger charge is 2.06. The van der Waals surface area contributed by atoms with Crippen LogP contribution in [0.2, 0.25) is 0 Å². The Bertz CT molecular complexity index is 395. The number of hydrogen-bond donors (Lipinski definition) is 1. The summed E-state index contributed by atoms with van der Waals surface area (Å²) in [5, 5.41) is 2.54. The Labute approximate surface area is 117 Å². The summed E-state index contributed by atoms with van der Waals surface area (Å²) in [7, 11) is 0. The molecule has 0 spiro atoms. The standard InChI is InChI=1S/C14H19NO3S/c1-2-8-19-11-13(16)15-9-14(17)18-10-12-6-4-3-5-7-12/h3-7H,2,8-11H2,1H3,(H,15,16). The minimum Gasteiger partial charge on any atom is -0.460 e. The molecule has 0 saturated carbocycles. The lowest BCUT2D eigenvalue weighted by molar-refractivity contribution is -0.145. The van der Waals surface area contributed by atoms with E-state index in [-0.39, 0.29) is 19.1 Å². The van der Waals surface area contributed by atoms with Crippen LogP contribution in [0.3, 0.4) is 0 Å². The fraction of sp³-hybridized carbons (Fsp3) is 0.429. The van der Waals surface area contributed by atoms with E-state index in [9.17, 15) is 9.59 Å². The molecule has 5 heteroatoms. The van der Waals surface area contributed by atoms with Gasteiger partial charge in [-0.2, -0.15) is 11.8 Å². The van der Waals surface area contributed by atoms with E-state index in [1.165, 1.54) is 0 Å². The summed E-state index contributed by atoms with van der Waals surface area (Å²) in [5.74, 6) is 0.791. The van der Waals surface area contributed by atoms with Gasteiger partial charge in [0.2, 0.25) is 5.91 Å². The average Bonchev–Trinajstić information content (AvgIpc) is 2.44. The summed E-state index contributed by atoms with van der Waals surface area (Å²) in [6.07, 6.45) is 1.04. The molecule has 0 aliphatic heterocycles. The van der Waals surface area contributed by atoms with E-state index >= 15 is 0 Å². The van der Waals surface area contributed by atoms with Gasteiger partial charge in [0.1, 0.15) is 13.2 Å². The Balaban J connectivity index is 2.12.